The molecule has 0 aliphatic rings. The quantitative estimate of drug-likeness (QED) is 0.742. The summed E-state index contributed by atoms with van der Waals surface area (Å²) in [6.07, 6.45) is 0.408. The normalized spacial score (nSPS) is 10.4. The van der Waals surface area contributed by atoms with Crippen molar-refractivity contribution in [1.29, 1.82) is 0 Å². The maximum absolute atomic E-state index is 12.4. The van der Waals surface area contributed by atoms with Crippen LogP contribution in [0.1, 0.15) is 27.4 Å². The highest BCUT2D eigenvalue weighted by Crippen LogP contribution is 2.14. The maximum Gasteiger partial charge on any atom is 0.274 e. The Balaban J connectivity index is 1.78. The molecule has 0 atom stereocenters. The van der Waals surface area contributed by atoms with Crippen LogP contribution < -0.4 is 15.6 Å². The average molecular weight is 349 g/mol. The molecule has 6 heteroatoms. The molecule has 0 aliphatic carbocycles. The number of anilines is 1. The van der Waals surface area contributed by atoms with Gasteiger partial charge >= 0.3 is 0 Å². The summed E-state index contributed by atoms with van der Waals surface area (Å²) in [5.74, 6) is 0.758. The van der Waals surface area contributed by atoms with Crippen molar-refractivity contribution < 1.29 is 9.53 Å². The summed E-state index contributed by atoms with van der Waals surface area (Å²) < 4.78 is 5.13. The Morgan fingerprint density at radius 1 is 1.12 bits per heavy atom. The fourth-order valence-corrected chi connectivity index (χ4v) is 2.48. The van der Waals surface area contributed by atoms with Gasteiger partial charge in [0.25, 0.3) is 11.5 Å². The second-order valence-corrected chi connectivity index (χ2v) is 5.92. The molecular formula is C20H19N3O3. The van der Waals surface area contributed by atoms with E-state index >= 15 is 0 Å². The lowest BCUT2D eigenvalue weighted by atomic mass is 10.1. The Labute approximate surface area is 150 Å². The van der Waals surface area contributed by atoms with E-state index < -0.39 is 5.91 Å². The lowest BCUT2D eigenvalue weighted by molar-refractivity contribution is 0.102. The molecule has 0 saturated carbocycles. The second kappa shape index (κ2) is 7.65. The van der Waals surface area contributed by atoms with Crippen molar-refractivity contribution in [2.75, 3.05) is 12.4 Å². The van der Waals surface area contributed by atoms with Crippen LogP contribution in [0.2, 0.25) is 0 Å². The summed E-state index contributed by atoms with van der Waals surface area (Å²) in [5, 5.41) is 2.75. The first-order chi connectivity index (χ1) is 12.5. The van der Waals surface area contributed by atoms with Crippen molar-refractivity contribution in [2.45, 2.75) is 13.3 Å². The number of amides is 1. The SMILES string of the molecule is COc1ccc(Cc2nc(C(=O)Nc3ccc(C)cc3)cc(=O)[nH]2)cc1. The molecule has 3 aromatic rings. The zero-order chi connectivity index (χ0) is 18.5. The number of aromatic amines is 1. The molecule has 0 radical (unpaired) electrons. The van der Waals surface area contributed by atoms with Crippen LogP contribution in [0, 0.1) is 6.92 Å². The van der Waals surface area contributed by atoms with Gasteiger partial charge in [-0.15, -0.1) is 0 Å². The Kier molecular flexibility index (Phi) is 5.12. The highest BCUT2D eigenvalue weighted by molar-refractivity contribution is 6.02. The van der Waals surface area contributed by atoms with Crippen LogP contribution in [0.25, 0.3) is 0 Å². The molecule has 0 saturated heterocycles. The van der Waals surface area contributed by atoms with Crippen molar-refractivity contribution in [1.82, 2.24) is 9.97 Å². The van der Waals surface area contributed by atoms with Gasteiger partial charge in [-0.2, -0.15) is 0 Å². The second-order valence-electron chi connectivity index (χ2n) is 5.92. The molecule has 26 heavy (non-hydrogen) atoms. The number of rotatable bonds is 5. The molecule has 0 fully saturated rings. The van der Waals surface area contributed by atoms with E-state index in [2.05, 4.69) is 15.3 Å². The number of aromatic nitrogens is 2. The predicted octanol–water partition coefficient (Wildman–Crippen LogP) is 2.93. The number of carbonyl (C=O) groups is 1. The third-order valence-corrected chi connectivity index (χ3v) is 3.86. The Hall–Kier alpha value is -3.41. The smallest absolute Gasteiger partial charge is 0.274 e. The van der Waals surface area contributed by atoms with Crippen molar-refractivity contribution in [3.63, 3.8) is 0 Å². The highest BCUT2D eigenvalue weighted by atomic mass is 16.5. The van der Waals surface area contributed by atoms with E-state index in [4.69, 9.17) is 4.74 Å². The molecule has 0 aliphatic heterocycles. The maximum atomic E-state index is 12.4. The molecule has 2 aromatic carbocycles. The molecule has 6 nitrogen and oxygen atoms in total. The monoisotopic (exact) mass is 349 g/mol. The number of ether oxygens (including phenoxy) is 1. The minimum absolute atomic E-state index is 0.0813. The lowest BCUT2D eigenvalue weighted by Gasteiger charge is -2.07. The Morgan fingerprint density at radius 2 is 1.81 bits per heavy atom. The first-order valence-corrected chi connectivity index (χ1v) is 8.15. The van der Waals surface area contributed by atoms with E-state index in [-0.39, 0.29) is 11.3 Å². The zero-order valence-electron chi connectivity index (χ0n) is 14.6. The van der Waals surface area contributed by atoms with E-state index in [0.29, 0.717) is 17.9 Å². The molecular weight excluding hydrogens is 330 g/mol. The number of hydrogen-bond donors (Lipinski definition) is 2. The largest absolute Gasteiger partial charge is 0.497 e. The van der Waals surface area contributed by atoms with Gasteiger partial charge in [-0.1, -0.05) is 29.8 Å². The lowest BCUT2D eigenvalue weighted by Crippen LogP contribution is -2.20. The van der Waals surface area contributed by atoms with Crippen molar-refractivity contribution in [3.8, 4) is 5.75 Å². The summed E-state index contributed by atoms with van der Waals surface area (Å²) in [6.45, 7) is 1.97. The molecule has 0 bridgehead atoms. The molecule has 2 N–H and O–H groups in total. The summed E-state index contributed by atoms with van der Waals surface area (Å²) in [6, 6.07) is 16.0. The van der Waals surface area contributed by atoms with Gasteiger partial charge < -0.3 is 15.0 Å². The third kappa shape index (κ3) is 4.36. The molecule has 1 heterocycles. The van der Waals surface area contributed by atoms with Gasteiger partial charge in [-0.3, -0.25) is 9.59 Å². The third-order valence-electron chi connectivity index (χ3n) is 3.86. The number of methoxy groups -OCH3 is 1. The van der Waals surface area contributed by atoms with Crippen molar-refractivity contribution in [2.24, 2.45) is 0 Å². The van der Waals surface area contributed by atoms with E-state index in [1.807, 2.05) is 43.3 Å². The number of benzene rings is 2. The number of nitrogens with zero attached hydrogens (tertiary/aromatic N) is 1. The highest BCUT2D eigenvalue weighted by Gasteiger charge is 2.11. The van der Waals surface area contributed by atoms with E-state index in [1.54, 1.807) is 19.2 Å². The van der Waals surface area contributed by atoms with Crippen molar-refractivity contribution in [3.05, 3.63) is 87.6 Å². The number of carbonyl (C=O) groups excluding carboxylic acids is 1. The minimum atomic E-state index is -0.420. The molecule has 0 unspecified atom stereocenters. The number of aryl methyl sites for hydroxylation is 1. The van der Waals surface area contributed by atoms with Crippen LogP contribution in [0.5, 0.6) is 5.75 Å². The van der Waals surface area contributed by atoms with Gasteiger partial charge in [0.2, 0.25) is 0 Å². The van der Waals surface area contributed by atoms with Crippen LogP contribution in [-0.2, 0) is 6.42 Å². The molecule has 1 amide bonds. The fraction of sp³-hybridized carbons (Fsp3) is 0.150. The van der Waals surface area contributed by atoms with Gasteiger partial charge in [0.1, 0.15) is 17.3 Å². The van der Waals surface area contributed by atoms with Gasteiger partial charge in [0, 0.05) is 18.2 Å². The Morgan fingerprint density at radius 3 is 2.46 bits per heavy atom. The summed E-state index contributed by atoms with van der Waals surface area (Å²) in [7, 11) is 1.60. The van der Waals surface area contributed by atoms with Crippen LogP contribution in [0.3, 0.4) is 0 Å². The first-order valence-electron chi connectivity index (χ1n) is 8.15. The van der Waals surface area contributed by atoms with Crippen molar-refractivity contribution >= 4 is 11.6 Å². The predicted molar refractivity (Wildman–Crippen MR) is 99.8 cm³/mol. The van der Waals surface area contributed by atoms with Crippen LogP contribution >= 0.6 is 0 Å². The minimum Gasteiger partial charge on any atom is -0.497 e. The number of nitrogens with one attached hydrogen (secondary N) is 2. The van der Waals surface area contributed by atoms with Crippen LogP contribution in [-0.4, -0.2) is 23.0 Å². The molecule has 1 aromatic heterocycles. The van der Waals surface area contributed by atoms with Crippen LogP contribution in [0.15, 0.2) is 59.4 Å². The summed E-state index contributed by atoms with van der Waals surface area (Å²) in [4.78, 5) is 31.3. The fourth-order valence-electron chi connectivity index (χ4n) is 2.48. The van der Waals surface area contributed by atoms with Gasteiger partial charge in [-0.25, -0.2) is 4.98 Å². The van der Waals surface area contributed by atoms with E-state index in [1.165, 1.54) is 6.07 Å². The number of H-pyrrole nitrogens is 1. The topological polar surface area (TPSA) is 84.1 Å². The zero-order valence-corrected chi connectivity index (χ0v) is 14.6. The average Bonchev–Trinajstić information content (AvgIpc) is 2.64. The first kappa shape index (κ1) is 17.4. The van der Waals surface area contributed by atoms with Crippen LogP contribution in [0.4, 0.5) is 5.69 Å². The van der Waals surface area contributed by atoms with Gasteiger partial charge in [0.15, 0.2) is 0 Å². The standard InChI is InChI=1S/C20H19N3O3/c1-13-3-7-15(8-4-13)21-20(25)17-12-19(24)23-18(22-17)11-14-5-9-16(26-2)10-6-14/h3-10,12H,11H2,1-2H3,(H,21,25)(H,22,23,24). The van der Waals surface area contributed by atoms with Gasteiger partial charge in [-0.05, 0) is 36.8 Å². The molecule has 132 valence electrons. The Bertz CT molecular complexity index is 961. The summed E-state index contributed by atoms with van der Waals surface area (Å²) >= 11 is 0. The van der Waals surface area contributed by atoms with E-state index in [0.717, 1.165) is 16.9 Å². The summed E-state index contributed by atoms with van der Waals surface area (Å²) in [5.41, 5.74) is 2.42. The van der Waals surface area contributed by atoms with E-state index in [9.17, 15) is 9.59 Å². The van der Waals surface area contributed by atoms with Gasteiger partial charge in [0.05, 0.1) is 7.11 Å². The molecule has 3 rings (SSSR count). The molecule has 0 spiro atoms. The number of hydrogen-bond acceptors (Lipinski definition) is 4.